The fraction of sp³-hybridized carbons (Fsp3) is 0. The number of hydrogen-bond donors (Lipinski definition) is 1. The molecule has 1 heterocycles. The molecule has 0 spiro atoms. The van der Waals surface area contributed by atoms with Crippen molar-refractivity contribution in [3.8, 4) is 0 Å². The number of nitrogens with zero attached hydrogens (tertiary/aromatic N) is 1. The zero-order valence-corrected chi connectivity index (χ0v) is 11.2. The standard InChI is InChI=1S/C14H7F3N2OS/c15-7-4-5-8(10(17)6-7)13(20)19-14-18-12-9(16)2-1-3-11(12)21-14/h1-6H,(H,18,19,20). The number of aromatic nitrogens is 1. The molecule has 0 unspecified atom stereocenters. The molecule has 0 saturated carbocycles. The molecule has 0 saturated heterocycles. The lowest BCUT2D eigenvalue weighted by Crippen LogP contribution is -2.13. The number of carbonyl (C=O) groups excluding carboxylic acids is 1. The summed E-state index contributed by atoms with van der Waals surface area (Å²) < 4.78 is 40.4. The van der Waals surface area contributed by atoms with Gasteiger partial charge < -0.3 is 0 Å². The molecule has 7 heteroatoms. The van der Waals surface area contributed by atoms with Gasteiger partial charge in [-0.1, -0.05) is 17.4 Å². The van der Waals surface area contributed by atoms with Gasteiger partial charge in [-0.05, 0) is 24.3 Å². The third kappa shape index (κ3) is 2.59. The van der Waals surface area contributed by atoms with Gasteiger partial charge in [-0.15, -0.1) is 0 Å². The molecule has 106 valence electrons. The molecule has 0 fully saturated rings. The second-order valence-corrected chi connectivity index (χ2v) is 5.21. The third-order valence-electron chi connectivity index (χ3n) is 2.77. The fourth-order valence-electron chi connectivity index (χ4n) is 1.81. The van der Waals surface area contributed by atoms with Crippen LogP contribution in [0.2, 0.25) is 0 Å². The van der Waals surface area contributed by atoms with Gasteiger partial charge in [-0.2, -0.15) is 0 Å². The maximum atomic E-state index is 13.5. The number of fused-ring (bicyclic) bond motifs is 1. The van der Waals surface area contributed by atoms with Crippen molar-refractivity contribution in [2.24, 2.45) is 0 Å². The smallest absolute Gasteiger partial charge is 0.260 e. The van der Waals surface area contributed by atoms with Gasteiger partial charge in [-0.25, -0.2) is 18.2 Å². The number of halogens is 3. The van der Waals surface area contributed by atoms with E-state index < -0.39 is 23.4 Å². The van der Waals surface area contributed by atoms with Crippen molar-refractivity contribution in [3.05, 3.63) is 59.4 Å². The number of para-hydroxylation sites is 1. The Balaban J connectivity index is 1.91. The van der Waals surface area contributed by atoms with E-state index in [0.29, 0.717) is 10.8 Å². The SMILES string of the molecule is O=C(Nc1nc2c(F)cccc2s1)c1ccc(F)cc1F. The Morgan fingerprint density at radius 3 is 2.62 bits per heavy atom. The number of rotatable bonds is 2. The number of amides is 1. The molecule has 2 aromatic carbocycles. The summed E-state index contributed by atoms with van der Waals surface area (Å²) in [6.07, 6.45) is 0. The summed E-state index contributed by atoms with van der Waals surface area (Å²) in [5.41, 5.74) is -0.173. The van der Waals surface area contributed by atoms with Crippen LogP contribution in [-0.4, -0.2) is 10.9 Å². The van der Waals surface area contributed by atoms with Crippen molar-refractivity contribution in [3.63, 3.8) is 0 Å². The Bertz CT molecular complexity index is 847. The van der Waals surface area contributed by atoms with Gasteiger partial charge >= 0.3 is 0 Å². The van der Waals surface area contributed by atoms with Gasteiger partial charge in [0.2, 0.25) is 0 Å². The number of nitrogens with one attached hydrogen (secondary N) is 1. The third-order valence-corrected chi connectivity index (χ3v) is 3.70. The van der Waals surface area contributed by atoms with Gasteiger partial charge in [0.1, 0.15) is 23.0 Å². The van der Waals surface area contributed by atoms with E-state index in [4.69, 9.17) is 0 Å². The van der Waals surface area contributed by atoms with Crippen molar-refractivity contribution in [1.29, 1.82) is 0 Å². The maximum Gasteiger partial charge on any atom is 0.260 e. The van der Waals surface area contributed by atoms with E-state index >= 15 is 0 Å². The molecule has 1 aromatic heterocycles. The average Bonchev–Trinajstić information content (AvgIpc) is 2.82. The lowest BCUT2D eigenvalue weighted by Gasteiger charge is -2.02. The molecule has 1 amide bonds. The predicted molar refractivity (Wildman–Crippen MR) is 73.9 cm³/mol. The van der Waals surface area contributed by atoms with Gasteiger partial charge in [0.15, 0.2) is 5.13 Å². The summed E-state index contributed by atoms with van der Waals surface area (Å²) in [6, 6.07) is 7.08. The van der Waals surface area contributed by atoms with Gasteiger partial charge in [0, 0.05) is 6.07 Å². The lowest BCUT2D eigenvalue weighted by molar-refractivity contribution is 0.102. The number of thiazole rings is 1. The van der Waals surface area contributed by atoms with Crippen LogP contribution in [-0.2, 0) is 0 Å². The van der Waals surface area contributed by atoms with Gasteiger partial charge in [-0.3, -0.25) is 10.1 Å². The van der Waals surface area contributed by atoms with Crippen LogP contribution in [0.1, 0.15) is 10.4 Å². The number of benzene rings is 2. The van der Waals surface area contributed by atoms with Crippen LogP contribution in [0.4, 0.5) is 18.3 Å². The number of carbonyl (C=O) groups is 1. The fourth-order valence-corrected chi connectivity index (χ4v) is 2.68. The van der Waals surface area contributed by atoms with E-state index in [-0.39, 0.29) is 16.2 Å². The molecule has 3 aromatic rings. The molecule has 0 bridgehead atoms. The second-order valence-electron chi connectivity index (χ2n) is 4.18. The van der Waals surface area contributed by atoms with Crippen molar-refractivity contribution in [2.75, 3.05) is 5.32 Å². The van der Waals surface area contributed by atoms with Crippen LogP contribution >= 0.6 is 11.3 Å². The lowest BCUT2D eigenvalue weighted by atomic mass is 10.2. The monoisotopic (exact) mass is 308 g/mol. The van der Waals surface area contributed by atoms with E-state index in [0.717, 1.165) is 23.5 Å². The Kier molecular flexibility index (Phi) is 3.34. The molecule has 3 nitrogen and oxygen atoms in total. The first-order chi connectivity index (χ1) is 10.0. The normalized spacial score (nSPS) is 10.8. The first kappa shape index (κ1) is 13.6. The minimum Gasteiger partial charge on any atom is -0.298 e. The summed E-state index contributed by atoms with van der Waals surface area (Å²) in [5.74, 6) is -3.02. The van der Waals surface area contributed by atoms with E-state index in [9.17, 15) is 18.0 Å². The molecule has 21 heavy (non-hydrogen) atoms. The Morgan fingerprint density at radius 2 is 1.90 bits per heavy atom. The maximum absolute atomic E-state index is 13.5. The van der Waals surface area contributed by atoms with E-state index in [1.807, 2.05) is 0 Å². The highest BCUT2D eigenvalue weighted by Gasteiger charge is 2.15. The molecule has 3 rings (SSSR count). The largest absolute Gasteiger partial charge is 0.298 e. The predicted octanol–water partition coefficient (Wildman–Crippen LogP) is 3.97. The molecule has 0 aliphatic carbocycles. The minimum atomic E-state index is -0.972. The molecule has 0 radical (unpaired) electrons. The van der Waals surface area contributed by atoms with Crippen molar-refractivity contribution >= 4 is 32.6 Å². The zero-order chi connectivity index (χ0) is 15.0. The molecule has 0 aliphatic heterocycles. The Labute approximate surface area is 121 Å². The molecule has 0 atom stereocenters. The van der Waals surface area contributed by atoms with Crippen LogP contribution in [0.3, 0.4) is 0 Å². The van der Waals surface area contributed by atoms with Crippen molar-refractivity contribution < 1.29 is 18.0 Å². The first-order valence-corrected chi connectivity index (χ1v) is 6.68. The van der Waals surface area contributed by atoms with E-state index in [1.54, 1.807) is 6.07 Å². The van der Waals surface area contributed by atoms with Crippen molar-refractivity contribution in [1.82, 2.24) is 4.98 Å². The van der Waals surface area contributed by atoms with Crippen LogP contribution in [0, 0.1) is 17.5 Å². The Hall–Kier alpha value is -2.41. The molecular formula is C14H7F3N2OS. The van der Waals surface area contributed by atoms with Crippen LogP contribution < -0.4 is 5.32 Å². The highest BCUT2D eigenvalue weighted by atomic mass is 32.1. The van der Waals surface area contributed by atoms with Crippen LogP contribution in [0.15, 0.2) is 36.4 Å². The summed E-state index contributed by atoms with van der Waals surface area (Å²) in [5, 5.41) is 2.52. The first-order valence-electron chi connectivity index (χ1n) is 5.86. The second kappa shape index (κ2) is 5.17. The molecular weight excluding hydrogens is 301 g/mol. The topological polar surface area (TPSA) is 42.0 Å². The average molecular weight is 308 g/mol. The zero-order valence-electron chi connectivity index (χ0n) is 10.4. The summed E-state index contributed by atoms with van der Waals surface area (Å²) in [7, 11) is 0. The minimum absolute atomic E-state index is 0.136. The molecule has 0 aliphatic rings. The van der Waals surface area contributed by atoms with Crippen LogP contribution in [0.5, 0.6) is 0 Å². The molecule has 1 N–H and O–H groups in total. The highest BCUT2D eigenvalue weighted by Crippen LogP contribution is 2.27. The van der Waals surface area contributed by atoms with E-state index in [2.05, 4.69) is 10.3 Å². The highest BCUT2D eigenvalue weighted by molar-refractivity contribution is 7.22. The Morgan fingerprint density at radius 1 is 1.10 bits per heavy atom. The van der Waals surface area contributed by atoms with Crippen LogP contribution in [0.25, 0.3) is 10.2 Å². The van der Waals surface area contributed by atoms with E-state index in [1.165, 1.54) is 12.1 Å². The van der Waals surface area contributed by atoms with Crippen molar-refractivity contribution in [2.45, 2.75) is 0 Å². The summed E-state index contributed by atoms with van der Waals surface area (Å²) in [4.78, 5) is 15.8. The van der Waals surface area contributed by atoms with Gasteiger partial charge in [0.25, 0.3) is 5.91 Å². The number of anilines is 1. The quantitative estimate of drug-likeness (QED) is 0.778. The summed E-state index contributed by atoms with van der Waals surface area (Å²) in [6.45, 7) is 0. The summed E-state index contributed by atoms with van der Waals surface area (Å²) >= 11 is 1.06. The van der Waals surface area contributed by atoms with Gasteiger partial charge in [0.05, 0.1) is 10.3 Å². The number of hydrogen-bond acceptors (Lipinski definition) is 3.